The number of rotatable bonds is 4. The fraction of sp³-hybridized carbons (Fsp3) is 0.471. The van der Waals surface area contributed by atoms with Gasteiger partial charge >= 0.3 is 0 Å². The SMILES string of the molecule is CCCN(C(=O)C1=Cc2cc(Cl)ccc2OC1)C1CCNC1. The highest BCUT2D eigenvalue weighted by atomic mass is 35.5. The molecule has 2 aliphatic heterocycles. The van der Waals surface area contributed by atoms with E-state index in [-0.39, 0.29) is 11.9 Å². The summed E-state index contributed by atoms with van der Waals surface area (Å²) in [6.07, 6.45) is 3.89. The van der Waals surface area contributed by atoms with Crippen molar-refractivity contribution in [3.05, 3.63) is 34.4 Å². The molecule has 118 valence electrons. The van der Waals surface area contributed by atoms with Crippen molar-refractivity contribution in [2.45, 2.75) is 25.8 Å². The maximum atomic E-state index is 12.9. The number of hydrogen-bond donors (Lipinski definition) is 1. The molecule has 1 fully saturated rings. The summed E-state index contributed by atoms with van der Waals surface area (Å²) in [6.45, 7) is 5.07. The van der Waals surface area contributed by atoms with Gasteiger partial charge in [-0.05, 0) is 43.7 Å². The van der Waals surface area contributed by atoms with E-state index in [4.69, 9.17) is 16.3 Å². The third-order valence-electron chi connectivity index (χ3n) is 4.16. The summed E-state index contributed by atoms with van der Waals surface area (Å²) in [6, 6.07) is 5.77. The Balaban J connectivity index is 1.84. The summed E-state index contributed by atoms with van der Waals surface area (Å²) in [7, 11) is 0. The van der Waals surface area contributed by atoms with Gasteiger partial charge in [0, 0.05) is 29.7 Å². The molecule has 0 aromatic heterocycles. The van der Waals surface area contributed by atoms with Crippen LogP contribution < -0.4 is 10.1 Å². The summed E-state index contributed by atoms with van der Waals surface area (Å²) in [4.78, 5) is 14.9. The van der Waals surface area contributed by atoms with Gasteiger partial charge in [0.15, 0.2) is 0 Å². The number of ether oxygens (including phenoxy) is 1. The maximum Gasteiger partial charge on any atom is 0.253 e. The third-order valence-corrected chi connectivity index (χ3v) is 4.39. The molecule has 0 radical (unpaired) electrons. The minimum atomic E-state index is 0.0844. The molecule has 0 bridgehead atoms. The van der Waals surface area contributed by atoms with Gasteiger partial charge in [0.05, 0.1) is 5.57 Å². The first kappa shape index (κ1) is 15.4. The van der Waals surface area contributed by atoms with Crippen molar-refractivity contribution >= 4 is 23.6 Å². The van der Waals surface area contributed by atoms with Gasteiger partial charge in [-0.3, -0.25) is 4.79 Å². The molecular weight excluding hydrogens is 300 g/mol. The van der Waals surface area contributed by atoms with Crippen molar-refractivity contribution in [2.24, 2.45) is 0 Å². The fourth-order valence-corrected chi connectivity index (χ4v) is 3.23. The van der Waals surface area contributed by atoms with Crippen LogP contribution >= 0.6 is 11.6 Å². The normalized spacial score (nSPS) is 20.1. The lowest BCUT2D eigenvalue weighted by Crippen LogP contribution is -2.43. The Hall–Kier alpha value is -1.52. The molecule has 0 saturated carbocycles. The summed E-state index contributed by atoms with van der Waals surface area (Å²) in [5.41, 5.74) is 1.58. The number of benzene rings is 1. The molecule has 4 nitrogen and oxygen atoms in total. The minimum Gasteiger partial charge on any atom is -0.488 e. The average molecular weight is 321 g/mol. The number of fused-ring (bicyclic) bond motifs is 1. The highest BCUT2D eigenvalue weighted by Gasteiger charge is 2.29. The van der Waals surface area contributed by atoms with Crippen molar-refractivity contribution in [1.82, 2.24) is 10.2 Å². The molecule has 0 aliphatic carbocycles. The Bertz CT molecular complexity index is 594. The van der Waals surface area contributed by atoms with Gasteiger partial charge in [-0.1, -0.05) is 18.5 Å². The number of halogens is 1. The van der Waals surface area contributed by atoms with Crippen molar-refractivity contribution in [3.63, 3.8) is 0 Å². The zero-order valence-electron chi connectivity index (χ0n) is 12.8. The van der Waals surface area contributed by atoms with Crippen LogP contribution in [0.4, 0.5) is 0 Å². The Kier molecular flexibility index (Phi) is 4.69. The Labute approximate surface area is 136 Å². The van der Waals surface area contributed by atoms with Crippen molar-refractivity contribution < 1.29 is 9.53 Å². The highest BCUT2D eigenvalue weighted by Crippen LogP contribution is 2.30. The van der Waals surface area contributed by atoms with E-state index in [1.807, 2.05) is 23.1 Å². The first-order chi connectivity index (χ1) is 10.7. The van der Waals surface area contributed by atoms with E-state index < -0.39 is 0 Å². The van der Waals surface area contributed by atoms with Crippen LogP contribution in [0.2, 0.25) is 5.02 Å². The Morgan fingerprint density at radius 3 is 3.09 bits per heavy atom. The van der Waals surface area contributed by atoms with E-state index in [2.05, 4.69) is 12.2 Å². The number of hydrogen-bond acceptors (Lipinski definition) is 3. The van der Waals surface area contributed by atoms with Crippen LogP contribution in [0.25, 0.3) is 6.08 Å². The highest BCUT2D eigenvalue weighted by molar-refractivity contribution is 6.30. The Morgan fingerprint density at radius 1 is 1.50 bits per heavy atom. The Morgan fingerprint density at radius 2 is 2.36 bits per heavy atom. The van der Waals surface area contributed by atoms with Crippen LogP contribution in [0.15, 0.2) is 23.8 Å². The van der Waals surface area contributed by atoms with Gasteiger partial charge in [-0.15, -0.1) is 0 Å². The quantitative estimate of drug-likeness (QED) is 0.927. The molecule has 1 aromatic rings. The smallest absolute Gasteiger partial charge is 0.253 e. The molecule has 2 heterocycles. The van der Waals surface area contributed by atoms with Gasteiger partial charge in [0.25, 0.3) is 5.91 Å². The lowest BCUT2D eigenvalue weighted by Gasteiger charge is -2.30. The van der Waals surface area contributed by atoms with E-state index >= 15 is 0 Å². The molecule has 1 aromatic carbocycles. The van der Waals surface area contributed by atoms with E-state index in [9.17, 15) is 4.79 Å². The monoisotopic (exact) mass is 320 g/mol. The number of carbonyl (C=O) groups excluding carboxylic acids is 1. The third kappa shape index (κ3) is 3.13. The fourth-order valence-electron chi connectivity index (χ4n) is 3.05. The molecule has 1 N–H and O–H groups in total. The first-order valence-electron chi connectivity index (χ1n) is 7.83. The molecule has 22 heavy (non-hydrogen) atoms. The molecule has 1 atom stereocenters. The van der Waals surface area contributed by atoms with Crippen LogP contribution in [0.1, 0.15) is 25.3 Å². The zero-order chi connectivity index (χ0) is 15.5. The number of nitrogens with zero attached hydrogens (tertiary/aromatic N) is 1. The zero-order valence-corrected chi connectivity index (χ0v) is 13.5. The van der Waals surface area contributed by atoms with Crippen LogP contribution in [0.3, 0.4) is 0 Å². The van der Waals surface area contributed by atoms with Gasteiger partial charge in [0.1, 0.15) is 12.4 Å². The van der Waals surface area contributed by atoms with Gasteiger partial charge < -0.3 is 15.0 Å². The van der Waals surface area contributed by atoms with E-state index in [1.54, 1.807) is 6.07 Å². The van der Waals surface area contributed by atoms with E-state index in [0.29, 0.717) is 17.2 Å². The van der Waals surface area contributed by atoms with Crippen LogP contribution in [-0.2, 0) is 4.79 Å². The van der Waals surface area contributed by atoms with Crippen LogP contribution in [0.5, 0.6) is 5.75 Å². The van der Waals surface area contributed by atoms with Gasteiger partial charge in [0.2, 0.25) is 0 Å². The van der Waals surface area contributed by atoms with Crippen molar-refractivity contribution in [2.75, 3.05) is 26.2 Å². The van der Waals surface area contributed by atoms with Crippen LogP contribution in [-0.4, -0.2) is 43.1 Å². The first-order valence-corrected chi connectivity index (χ1v) is 8.21. The molecule has 5 heteroatoms. The van der Waals surface area contributed by atoms with E-state index in [1.165, 1.54) is 0 Å². The average Bonchev–Trinajstić information content (AvgIpc) is 3.05. The summed E-state index contributed by atoms with van der Waals surface area (Å²) < 4.78 is 5.71. The van der Waals surface area contributed by atoms with Crippen LogP contribution in [0, 0.1) is 0 Å². The number of carbonyl (C=O) groups is 1. The van der Waals surface area contributed by atoms with Gasteiger partial charge in [-0.25, -0.2) is 0 Å². The molecule has 1 amide bonds. The molecule has 2 aliphatic rings. The maximum absolute atomic E-state index is 12.9. The van der Waals surface area contributed by atoms with Crippen molar-refractivity contribution in [3.8, 4) is 5.75 Å². The van der Waals surface area contributed by atoms with Gasteiger partial charge in [-0.2, -0.15) is 0 Å². The largest absolute Gasteiger partial charge is 0.488 e. The lowest BCUT2D eigenvalue weighted by molar-refractivity contribution is -0.129. The number of amides is 1. The second-order valence-corrected chi connectivity index (χ2v) is 6.22. The molecule has 3 rings (SSSR count). The van der Waals surface area contributed by atoms with Crippen molar-refractivity contribution in [1.29, 1.82) is 0 Å². The lowest BCUT2D eigenvalue weighted by atomic mass is 10.1. The predicted molar refractivity (Wildman–Crippen MR) is 88.2 cm³/mol. The summed E-state index contributed by atoms with van der Waals surface area (Å²) >= 11 is 6.03. The molecule has 1 saturated heterocycles. The summed E-state index contributed by atoms with van der Waals surface area (Å²) in [5.74, 6) is 0.867. The standard InChI is InChI=1S/C17H21ClN2O2/c1-2-7-20(15-5-6-19-10-15)17(21)13-8-12-9-14(18)3-4-16(12)22-11-13/h3-4,8-9,15,19H,2,5-7,10-11H2,1H3. The minimum absolute atomic E-state index is 0.0844. The number of nitrogens with one attached hydrogen (secondary N) is 1. The molecular formula is C17H21ClN2O2. The second kappa shape index (κ2) is 6.71. The summed E-state index contributed by atoms with van der Waals surface area (Å²) in [5, 5.41) is 3.98. The molecule has 0 spiro atoms. The predicted octanol–water partition coefficient (Wildman–Crippen LogP) is 2.72. The second-order valence-electron chi connectivity index (χ2n) is 5.79. The van der Waals surface area contributed by atoms with E-state index in [0.717, 1.165) is 43.8 Å². The topological polar surface area (TPSA) is 41.6 Å². The molecule has 1 unspecified atom stereocenters.